The fraction of sp³-hybridized carbons (Fsp3) is 0.500. The molecule has 0 saturated carbocycles. The first kappa shape index (κ1) is 16.3. The van der Waals surface area contributed by atoms with Crippen LogP contribution in [0.3, 0.4) is 0 Å². The number of ether oxygens (including phenoxy) is 1. The molecule has 3 aromatic rings. The van der Waals surface area contributed by atoms with E-state index in [1.54, 1.807) is 12.4 Å². The summed E-state index contributed by atoms with van der Waals surface area (Å²) in [6.45, 7) is 4.51. The quantitative estimate of drug-likeness (QED) is 0.715. The van der Waals surface area contributed by atoms with Gasteiger partial charge in [0, 0.05) is 24.4 Å². The molecule has 0 aromatic carbocycles. The van der Waals surface area contributed by atoms with Crippen molar-refractivity contribution in [2.24, 2.45) is 0 Å². The molecule has 4 heterocycles. The Kier molecular flexibility index (Phi) is 4.09. The first-order valence-corrected chi connectivity index (χ1v) is 8.76. The average molecular weight is 363 g/mol. The van der Waals surface area contributed by atoms with E-state index >= 15 is 0 Å². The minimum absolute atomic E-state index is 0.0450. The fourth-order valence-electron chi connectivity index (χ4n) is 3.12. The van der Waals surface area contributed by atoms with Crippen molar-refractivity contribution in [1.29, 1.82) is 0 Å². The van der Waals surface area contributed by atoms with Gasteiger partial charge in [-0.05, 0) is 44.7 Å². The van der Waals surface area contributed by atoms with Crippen molar-refractivity contribution in [3.63, 3.8) is 0 Å². The van der Waals surface area contributed by atoms with Gasteiger partial charge in [0.15, 0.2) is 0 Å². The van der Waals surface area contributed by atoms with Crippen molar-refractivity contribution < 1.29 is 4.74 Å². The summed E-state index contributed by atoms with van der Waals surface area (Å²) in [4.78, 5) is 16.8. The van der Waals surface area contributed by atoms with E-state index in [9.17, 15) is 4.79 Å². The van der Waals surface area contributed by atoms with Crippen LogP contribution in [0.5, 0.6) is 0 Å². The summed E-state index contributed by atoms with van der Waals surface area (Å²) in [6.07, 6.45) is 8.35. The zero-order valence-corrected chi connectivity index (χ0v) is 14.8. The largest absolute Gasteiger partial charge is 0.357 e. The van der Waals surface area contributed by atoms with Crippen LogP contribution in [0.1, 0.15) is 45.4 Å². The van der Waals surface area contributed by atoms with Gasteiger partial charge in [0.1, 0.15) is 6.23 Å². The molecule has 0 bridgehead atoms. The second-order valence-corrected chi connectivity index (χ2v) is 6.79. The zero-order chi connectivity index (χ0) is 17.6. The lowest BCUT2D eigenvalue weighted by molar-refractivity contribution is -0.0394. The smallest absolute Gasteiger partial charge is 0.298 e. The first-order chi connectivity index (χ1) is 12.1. The maximum absolute atomic E-state index is 12.6. The predicted molar refractivity (Wildman–Crippen MR) is 92.7 cm³/mol. The van der Waals surface area contributed by atoms with E-state index in [2.05, 4.69) is 15.2 Å². The number of imidazole rings is 1. The molecule has 1 saturated heterocycles. The molecule has 0 spiro atoms. The Morgan fingerprint density at radius 3 is 2.88 bits per heavy atom. The molecule has 1 atom stereocenters. The van der Waals surface area contributed by atoms with Crippen LogP contribution in [0, 0.1) is 0 Å². The minimum atomic E-state index is -0.260. The Morgan fingerprint density at radius 1 is 1.32 bits per heavy atom. The summed E-state index contributed by atoms with van der Waals surface area (Å²) >= 11 is 6.21. The molecule has 1 fully saturated rings. The normalized spacial score (nSPS) is 18.3. The van der Waals surface area contributed by atoms with Gasteiger partial charge >= 0.3 is 0 Å². The lowest BCUT2D eigenvalue weighted by Crippen LogP contribution is -2.26. The molecule has 132 valence electrons. The molecule has 0 aliphatic carbocycles. The summed E-state index contributed by atoms with van der Waals surface area (Å²) in [5.74, 6) is 0. The summed E-state index contributed by atoms with van der Waals surface area (Å²) in [7, 11) is 0. The molecular formula is C16H19ClN6O2. The Balaban J connectivity index is 1.78. The molecule has 1 aliphatic heterocycles. The number of hydrogen-bond donors (Lipinski definition) is 0. The molecular weight excluding hydrogens is 344 g/mol. The number of halogens is 1. The van der Waals surface area contributed by atoms with Crippen LogP contribution in [0.25, 0.3) is 16.9 Å². The Labute approximate surface area is 149 Å². The molecule has 0 N–H and O–H groups in total. The van der Waals surface area contributed by atoms with Crippen LogP contribution < -0.4 is 5.56 Å². The number of fused-ring (bicyclic) bond motifs is 1. The molecule has 0 amide bonds. The zero-order valence-electron chi connectivity index (χ0n) is 14.1. The van der Waals surface area contributed by atoms with E-state index in [4.69, 9.17) is 16.3 Å². The summed E-state index contributed by atoms with van der Waals surface area (Å²) in [6, 6.07) is -0.0937. The van der Waals surface area contributed by atoms with Gasteiger partial charge in [-0.1, -0.05) is 0 Å². The lowest BCUT2D eigenvalue weighted by Gasteiger charge is -2.22. The molecule has 25 heavy (non-hydrogen) atoms. The van der Waals surface area contributed by atoms with Crippen molar-refractivity contribution >= 4 is 17.2 Å². The van der Waals surface area contributed by atoms with Gasteiger partial charge in [0.05, 0.1) is 18.1 Å². The van der Waals surface area contributed by atoms with Crippen LogP contribution >= 0.6 is 11.6 Å². The molecule has 4 rings (SSSR count). The molecule has 1 aliphatic rings. The number of rotatable bonds is 3. The molecule has 1 unspecified atom stereocenters. The lowest BCUT2D eigenvalue weighted by atomic mass is 10.2. The molecule has 0 radical (unpaired) electrons. The van der Waals surface area contributed by atoms with E-state index in [1.165, 1.54) is 9.08 Å². The van der Waals surface area contributed by atoms with Crippen LogP contribution in [0.2, 0.25) is 5.28 Å². The minimum Gasteiger partial charge on any atom is -0.357 e. The summed E-state index contributed by atoms with van der Waals surface area (Å²) in [5.41, 5.74) is 1.47. The van der Waals surface area contributed by atoms with Gasteiger partial charge in [-0.2, -0.15) is 5.10 Å². The number of nitrogens with zero attached hydrogens (tertiary/aromatic N) is 6. The monoisotopic (exact) mass is 362 g/mol. The van der Waals surface area contributed by atoms with Crippen LogP contribution in [0.15, 0.2) is 23.4 Å². The number of aromatic nitrogens is 6. The van der Waals surface area contributed by atoms with Crippen molar-refractivity contribution in [2.75, 3.05) is 6.61 Å². The second-order valence-electron chi connectivity index (χ2n) is 6.45. The van der Waals surface area contributed by atoms with Gasteiger partial charge in [-0.15, -0.1) is 5.10 Å². The van der Waals surface area contributed by atoms with E-state index < -0.39 is 0 Å². The summed E-state index contributed by atoms with van der Waals surface area (Å²) < 4.78 is 10.5. The fourth-order valence-corrected chi connectivity index (χ4v) is 3.47. The van der Waals surface area contributed by atoms with Gasteiger partial charge < -0.3 is 4.74 Å². The topological polar surface area (TPSA) is 79.2 Å². The van der Waals surface area contributed by atoms with Crippen molar-refractivity contribution in [3.8, 4) is 11.3 Å². The molecule has 9 heteroatoms. The highest BCUT2D eigenvalue weighted by Gasteiger charge is 2.20. The van der Waals surface area contributed by atoms with Gasteiger partial charge in [0.2, 0.25) is 10.9 Å². The average Bonchev–Trinajstić information content (AvgIpc) is 3.22. The molecule has 3 aromatic heterocycles. The van der Waals surface area contributed by atoms with E-state index in [-0.39, 0.29) is 28.8 Å². The van der Waals surface area contributed by atoms with E-state index in [0.29, 0.717) is 5.69 Å². The van der Waals surface area contributed by atoms with Crippen molar-refractivity contribution in [3.05, 3.63) is 34.2 Å². The highest BCUT2D eigenvalue weighted by Crippen LogP contribution is 2.25. The molecule has 8 nitrogen and oxygen atoms in total. The number of hydrogen-bond acceptors (Lipinski definition) is 5. The summed E-state index contributed by atoms with van der Waals surface area (Å²) in [5, 5.41) is 8.86. The maximum atomic E-state index is 12.6. The third-order valence-electron chi connectivity index (χ3n) is 4.39. The maximum Gasteiger partial charge on any atom is 0.298 e. The third kappa shape index (κ3) is 2.75. The van der Waals surface area contributed by atoms with Gasteiger partial charge in [0.25, 0.3) is 5.56 Å². The standard InChI is InChI=1S/C16H19ClN6O2/c1-10(2)22-15(24)14-18-8-12(23(14)20-16(22)17)11-7-19-21(9-11)13-5-3-4-6-25-13/h7-10,13H,3-6H2,1-2H3. The van der Waals surface area contributed by atoms with Gasteiger partial charge in [-0.25, -0.2) is 14.2 Å². The van der Waals surface area contributed by atoms with Crippen LogP contribution in [0.4, 0.5) is 0 Å². The SMILES string of the molecule is CC(C)n1c(Cl)nn2c(-c3cnn(C4CCCCO4)c3)cnc2c1=O. The Bertz CT molecular complexity index is 967. The highest BCUT2D eigenvalue weighted by atomic mass is 35.5. The van der Waals surface area contributed by atoms with Crippen molar-refractivity contribution in [1.82, 2.24) is 28.9 Å². The Hall–Kier alpha value is -2.19. The third-order valence-corrected chi connectivity index (χ3v) is 4.65. The van der Waals surface area contributed by atoms with Crippen LogP contribution in [-0.2, 0) is 4.74 Å². The Morgan fingerprint density at radius 2 is 2.16 bits per heavy atom. The van der Waals surface area contributed by atoms with Crippen molar-refractivity contribution in [2.45, 2.75) is 45.4 Å². The highest BCUT2D eigenvalue weighted by molar-refractivity contribution is 6.28. The van der Waals surface area contributed by atoms with Gasteiger partial charge in [-0.3, -0.25) is 9.36 Å². The van der Waals surface area contributed by atoms with Crippen LogP contribution in [-0.4, -0.2) is 35.6 Å². The van der Waals surface area contributed by atoms with E-state index in [0.717, 1.165) is 31.4 Å². The van der Waals surface area contributed by atoms with E-state index in [1.807, 2.05) is 24.7 Å². The first-order valence-electron chi connectivity index (χ1n) is 8.38. The predicted octanol–water partition coefficient (Wildman–Crippen LogP) is 2.69. The second kappa shape index (κ2) is 6.27.